The first-order chi connectivity index (χ1) is 13.5. The van der Waals surface area contributed by atoms with E-state index in [1.54, 1.807) is 30.4 Å². The summed E-state index contributed by atoms with van der Waals surface area (Å²) < 4.78 is 25.9. The molecule has 0 saturated heterocycles. The zero-order chi connectivity index (χ0) is 19.6. The Morgan fingerprint density at radius 3 is 2.43 bits per heavy atom. The number of nitrogens with one attached hydrogen (secondary N) is 2. The Bertz CT molecular complexity index is 1200. The number of hydrogen-bond acceptors (Lipinski definition) is 6. The predicted octanol–water partition coefficient (Wildman–Crippen LogP) is 4.86. The summed E-state index contributed by atoms with van der Waals surface area (Å²) >= 11 is 1.60. The van der Waals surface area contributed by atoms with Crippen LogP contribution in [0.2, 0.25) is 0 Å². The van der Waals surface area contributed by atoms with Gasteiger partial charge in [0.25, 0.3) is 0 Å². The molecule has 4 aromatic rings. The molecule has 0 saturated carbocycles. The molecule has 6 nitrogen and oxygen atoms in total. The van der Waals surface area contributed by atoms with Gasteiger partial charge in [-0.1, -0.05) is 12.1 Å². The zero-order valence-electron chi connectivity index (χ0n) is 15.1. The fourth-order valence-corrected chi connectivity index (χ4v) is 3.98. The van der Waals surface area contributed by atoms with Gasteiger partial charge in [-0.25, -0.2) is 18.4 Å². The lowest BCUT2D eigenvalue weighted by Gasteiger charge is -2.11. The van der Waals surface area contributed by atoms with Gasteiger partial charge in [0.15, 0.2) is 5.82 Å². The van der Waals surface area contributed by atoms with Crippen molar-refractivity contribution in [2.45, 2.75) is 6.92 Å². The first kappa shape index (κ1) is 18.4. The number of sulfonamides is 1. The number of fused-ring (bicyclic) bond motifs is 1. The molecule has 2 N–H and O–H groups in total. The minimum Gasteiger partial charge on any atom is -0.340 e. The lowest BCUT2D eigenvalue weighted by molar-refractivity contribution is 0.602. The number of para-hydroxylation sites is 1. The van der Waals surface area contributed by atoms with Crippen LogP contribution in [-0.2, 0) is 10.0 Å². The molecule has 0 radical (unpaired) electrons. The highest BCUT2D eigenvalue weighted by Gasteiger charge is 2.11. The second kappa shape index (κ2) is 7.57. The summed E-state index contributed by atoms with van der Waals surface area (Å²) in [4.78, 5) is 9.37. The van der Waals surface area contributed by atoms with Crippen LogP contribution in [0.1, 0.15) is 6.92 Å². The van der Waals surface area contributed by atoms with Gasteiger partial charge in [0, 0.05) is 27.7 Å². The summed E-state index contributed by atoms with van der Waals surface area (Å²) in [6.07, 6.45) is 0. The molecule has 2 heterocycles. The number of nitrogens with zero attached hydrogens (tertiary/aromatic N) is 2. The van der Waals surface area contributed by atoms with Gasteiger partial charge in [-0.15, -0.1) is 0 Å². The fourth-order valence-electron chi connectivity index (χ4n) is 2.70. The Labute approximate surface area is 167 Å². The molecule has 0 aliphatic heterocycles. The van der Waals surface area contributed by atoms with Crippen LogP contribution < -0.4 is 10.0 Å². The molecule has 2 aromatic carbocycles. The maximum Gasteiger partial charge on any atom is 0.232 e. The molecule has 0 spiro atoms. The minimum absolute atomic E-state index is 0.0330. The van der Waals surface area contributed by atoms with E-state index in [1.165, 1.54) is 0 Å². The van der Waals surface area contributed by atoms with E-state index in [1.807, 2.05) is 53.2 Å². The summed E-state index contributed by atoms with van der Waals surface area (Å²) in [7, 11) is -3.29. The SMILES string of the molecule is CCS(=O)(=O)Nc1ccc(Nc2nc(-c3ccsc3)nc3ccccc23)cc1. The molecule has 4 rings (SSSR count). The van der Waals surface area contributed by atoms with Gasteiger partial charge < -0.3 is 5.32 Å². The molecule has 0 aliphatic rings. The van der Waals surface area contributed by atoms with Crippen LogP contribution in [0.25, 0.3) is 22.3 Å². The average Bonchev–Trinajstić information content (AvgIpc) is 3.24. The standard InChI is InChI=1S/C20H18N4O2S2/c1-2-28(25,26)24-16-9-7-15(8-10-16)21-20-17-5-3-4-6-18(17)22-19(23-20)14-11-12-27-13-14/h3-13,24H,2H2,1H3,(H,21,22,23). The van der Waals surface area contributed by atoms with Crippen molar-refractivity contribution in [1.29, 1.82) is 0 Å². The van der Waals surface area contributed by atoms with E-state index < -0.39 is 10.0 Å². The van der Waals surface area contributed by atoms with E-state index in [4.69, 9.17) is 4.98 Å². The highest BCUT2D eigenvalue weighted by Crippen LogP contribution is 2.28. The zero-order valence-corrected chi connectivity index (χ0v) is 16.7. The first-order valence-corrected chi connectivity index (χ1v) is 11.3. The molecule has 0 amide bonds. The Balaban J connectivity index is 1.67. The van der Waals surface area contributed by atoms with Crippen LogP contribution >= 0.6 is 11.3 Å². The van der Waals surface area contributed by atoms with Crippen molar-refractivity contribution in [1.82, 2.24) is 9.97 Å². The van der Waals surface area contributed by atoms with Gasteiger partial charge in [0.2, 0.25) is 10.0 Å². The largest absolute Gasteiger partial charge is 0.340 e. The molecular weight excluding hydrogens is 392 g/mol. The molecule has 28 heavy (non-hydrogen) atoms. The van der Waals surface area contributed by atoms with Gasteiger partial charge in [-0.05, 0) is 54.8 Å². The fraction of sp³-hybridized carbons (Fsp3) is 0.100. The summed E-state index contributed by atoms with van der Waals surface area (Å²) in [6.45, 7) is 1.60. The molecule has 8 heteroatoms. The monoisotopic (exact) mass is 410 g/mol. The maximum absolute atomic E-state index is 11.7. The van der Waals surface area contributed by atoms with Crippen molar-refractivity contribution in [3.05, 3.63) is 65.4 Å². The third-order valence-corrected chi connectivity index (χ3v) is 6.17. The third-order valence-electron chi connectivity index (χ3n) is 4.18. The number of rotatable bonds is 6. The Morgan fingerprint density at radius 2 is 1.71 bits per heavy atom. The van der Waals surface area contributed by atoms with Crippen LogP contribution in [0.3, 0.4) is 0 Å². The molecule has 2 aromatic heterocycles. The van der Waals surface area contributed by atoms with Crippen molar-refractivity contribution >= 4 is 49.5 Å². The van der Waals surface area contributed by atoms with Crippen molar-refractivity contribution in [2.24, 2.45) is 0 Å². The van der Waals surface area contributed by atoms with Gasteiger partial charge in [-0.3, -0.25) is 4.72 Å². The van der Waals surface area contributed by atoms with Crippen molar-refractivity contribution in [3.8, 4) is 11.4 Å². The molecule has 0 bridgehead atoms. The third kappa shape index (κ3) is 3.97. The second-order valence-corrected chi connectivity index (χ2v) is 8.92. The topological polar surface area (TPSA) is 84.0 Å². The second-order valence-electron chi connectivity index (χ2n) is 6.13. The van der Waals surface area contributed by atoms with E-state index in [-0.39, 0.29) is 5.75 Å². The van der Waals surface area contributed by atoms with E-state index in [9.17, 15) is 8.42 Å². The predicted molar refractivity (Wildman–Crippen MR) is 116 cm³/mol. The average molecular weight is 411 g/mol. The Hall–Kier alpha value is -2.97. The molecule has 0 fully saturated rings. The smallest absolute Gasteiger partial charge is 0.232 e. The lowest BCUT2D eigenvalue weighted by atomic mass is 10.2. The quantitative estimate of drug-likeness (QED) is 0.474. The van der Waals surface area contributed by atoms with Crippen molar-refractivity contribution in [3.63, 3.8) is 0 Å². The summed E-state index contributed by atoms with van der Waals surface area (Å²) in [5.74, 6) is 1.40. The van der Waals surface area contributed by atoms with Crippen molar-refractivity contribution in [2.75, 3.05) is 15.8 Å². The van der Waals surface area contributed by atoms with Gasteiger partial charge >= 0.3 is 0 Å². The highest BCUT2D eigenvalue weighted by atomic mass is 32.2. The Morgan fingerprint density at radius 1 is 0.964 bits per heavy atom. The lowest BCUT2D eigenvalue weighted by Crippen LogP contribution is -2.14. The number of benzene rings is 2. The number of thiophene rings is 1. The number of hydrogen-bond donors (Lipinski definition) is 2. The number of aromatic nitrogens is 2. The van der Waals surface area contributed by atoms with Gasteiger partial charge in [0.1, 0.15) is 5.82 Å². The normalized spacial score (nSPS) is 11.5. The minimum atomic E-state index is -3.29. The maximum atomic E-state index is 11.7. The van der Waals surface area contributed by atoms with E-state index in [0.717, 1.165) is 22.2 Å². The molecule has 0 aliphatic carbocycles. The Kier molecular flexibility index (Phi) is 4.97. The molecule has 142 valence electrons. The molecule has 0 atom stereocenters. The van der Waals surface area contributed by atoms with Gasteiger partial charge in [-0.2, -0.15) is 11.3 Å². The molecule has 0 unspecified atom stereocenters. The first-order valence-electron chi connectivity index (χ1n) is 8.71. The van der Waals surface area contributed by atoms with E-state index in [0.29, 0.717) is 17.3 Å². The summed E-state index contributed by atoms with van der Waals surface area (Å²) in [6, 6.07) is 16.9. The number of anilines is 3. The van der Waals surface area contributed by atoms with Crippen LogP contribution in [0, 0.1) is 0 Å². The van der Waals surface area contributed by atoms with Crippen LogP contribution in [0.15, 0.2) is 65.4 Å². The summed E-state index contributed by atoms with van der Waals surface area (Å²) in [5.41, 5.74) is 3.16. The highest BCUT2D eigenvalue weighted by molar-refractivity contribution is 7.92. The van der Waals surface area contributed by atoms with Crippen LogP contribution in [-0.4, -0.2) is 24.1 Å². The van der Waals surface area contributed by atoms with Crippen molar-refractivity contribution < 1.29 is 8.42 Å². The molecular formula is C20H18N4O2S2. The summed E-state index contributed by atoms with van der Waals surface area (Å²) in [5, 5.41) is 8.26. The van der Waals surface area contributed by atoms with Crippen LogP contribution in [0.4, 0.5) is 17.2 Å². The van der Waals surface area contributed by atoms with Gasteiger partial charge in [0.05, 0.1) is 11.3 Å². The van der Waals surface area contributed by atoms with E-state index >= 15 is 0 Å². The van der Waals surface area contributed by atoms with E-state index in [2.05, 4.69) is 15.0 Å². The van der Waals surface area contributed by atoms with Crippen LogP contribution in [0.5, 0.6) is 0 Å².